The zero-order valence-electron chi connectivity index (χ0n) is 10.2. The highest BCUT2D eigenvalue weighted by Crippen LogP contribution is 2.30. The normalized spacial score (nSPS) is 32.7. The molecule has 1 rings (SSSR count). The van der Waals surface area contributed by atoms with Crippen molar-refractivity contribution in [3.8, 4) is 0 Å². The molecule has 0 radical (unpaired) electrons. The van der Waals surface area contributed by atoms with Crippen molar-refractivity contribution in [3.63, 3.8) is 0 Å². The Bertz CT molecular complexity index is 238. The number of carboxylic acids is 1. The van der Waals surface area contributed by atoms with E-state index in [0.717, 1.165) is 6.42 Å². The van der Waals surface area contributed by atoms with Crippen molar-refractivity contribution in [2.45, 2.75) is 58.5 Å². The standard InChI is InChI=1S/C12H23NO2/c1-8-6-5-7-10(9(8)2)13-12(3,4)11(14)15/h8-10,13H,5-7H2,1-4H3,(H,14,15). The van der Waals surface area contributed by atoms with Gasteiger partial charge in [-0.1, -0.05) is 26.7 Å². The molecule has 0 aromatic heterocycles. The minimum atomic E-state index is -0.810. The summed E-state index contributed by atoms with van der Waals surface area (Å²) in [6.07, 6.45) is 3.58. The maximum absolute atomic E-state index is 11.0. The zero-order chi connectivity index (χ0) is 11.6. The molecule has 3 atom stereocenters. The summed E-state index contributed by atoms with van der Waals surface area (Å²) in [5, 5.41) is 12.3. The molecule has 1 saturated carbocycles. The number of aliphatic carboxylic acids is 1. The first kappa shape index (κ1) is 12.5. The molecule has 88 valence electrons. The van der Waals surface area contributed by atoms with Crippen LogP contribution in [0.25, 0.3) is 0 Å². The molecule has 0 aliphatic heterocycles. The van der Waals surface area contributed by atoms with E-state index in [1.54, 1.807) is 13.8 Å². The fraction of sp³-hybridized carbons (Fsp3) is 0.917. The molecule has 0 spiro atoms. The van der Waals surface area contributed by atoms with E-state index in [-0.39, 0.29) is 0 Å². The molecule has 3 heteroatoms. The Labute approximate surface area is 92.3 Å². The minimum Gasteiger partial charge on any atom is -0.480 e. The summed E-state index contributed by atoms with van der Waals surface area (Å²) >= 11 is 0. The second-order valence-corrected chi connectivity index (χ2v) is 5.45. The Morgan fingerprint density at radius 1 is 1.33 bits per heavy atom. The molecule has 0 aromatic carbocycles. The quantitative estimate of drug-likeness (QED) is 0.756. The van der Waals surface area contributed by atoms with Gasteiger partial charge in [0.05, 0.1) is 0 Å². The van der Waals surface area contributed by atoms with Gasteiger partial charge in [0.1, 0.15) is 5.54 Å². The highest BCUT2D eigenvalue weighted by atomic mass is 16.4. The van der Waals surface area contributed by atoms with Gasteiger partial charge in [-0.05, 0) is 32.1 Å². The van der Waals surface area contributed by atoms with Crippen LogP contribution in [-0.2, 0) is 4.79 Å². The zero-order valence-corrected chi connectivity index (χ0v) is 10.2. The predicted octanol–water partition coefficient (Wildman–Crippen LogP) is 2.26. The van der Waals surface area contributed by atoms with Crippen molar-refractivity contribution in [3.05, 3.63) is 0 Å². The minimum absolute atomic E-state index is 0.347. The number of hydrogen-bond donors (Lipinski definition) is 2. The van der Waals surface area contributed by atoms with E-state index < -0.39 is 11.5 Å². The van der Waals surface area contributed by atoms with Crippen LogP contribution in [0.4, 0.5) is 0 Å². The van der Waals surface area contributed by atoms with Crippen LogP contribution in [0.2, 0.25) is 0 Å². The Kier molecular flexibility index (Phi) is 3.77. The molecule has 0 heterocycles. The Hall–Kier alpha value is -0.570. The van der Waals surface area contributed by atoms with Crippen LogP contribution in [-0.4, -0.2) is 22.7 Å². The third-order valence-corrected chi connectivity index (χ3v) is 3.79. The molecule has 1 fully saturated rings. The van der Waals surface area contributed by atoms with Gasteiger partial charge in [-0.2, -0.15) is 0 Å². The Balaban J connectivity index is 2.61. The van der Waals surface area contributed by atoms with Crippen molar-refractivity contribution < 1.29 is 9.90 Å². The van der Waals surface area contributed by atoms with Crippen LogP contribution in [0.5, 0.6) is 0 Å². The number of carboxylic acid groups (broad SMARTS) is 1. The monoisotopic (exact) mass is 213 g/mol. The average molecular weight is 213 g/mol. The molecule has 0 aromatic rings. The first-order valence-electron chi connectivity index (χ1n) is 5.85. The maximum atomic E-state index is 11.0. The second kappa shape index (κ2) is 4.52. The Morgan fingerprint density at radius 2 is 1.93 bits per heavy atom. The summed E-state index contributed by atoms with van der Waals surface area (Å²) in [5.74, 6) is 0.492. The first-order valence-corrected chi connectivity index (χ1v) is 5.85. The summed E-state index contributed by atoms with van der Waals surface area (Å²) in [4.78, 5) is 11.0. The smallest absolute Gasteiger partial charge is 0.323 e. The van der Waals surface area contributed by atoms with E-state index in [2.05, 4.69) is 19.2 Å². The molecule has 3 unspecified atom stereocenters. The van der Waals surface area contributed by atoms with Crippen molar-refractivity contribution in [2.24, 2.45) is 11.8 Å². The van der Waals surface area contributed by atoms with E-state index in [4.69, 9.17) is 5.11 Å². The molecule has 1 aliphatic carbocycles. The van der Waals surface area contributed by atoms with Crippen molar-refractivity contribution >= 4 is 5.97 Å². The van der Waals surface area contributed by atoms with Crippen LogP contribution in [0.1, 0.15) is 47.0 Å². The SMILES string of the molecule is CC1CCCC(NC(C)(C)C(=O)O)C1C. The van der Waals surface area contributed by atoms with Gasteiger partial charge in [-0.15, -0.1) is 0 Å². The van der Waals surface area contributed by atoms with Gasteiger partial charge in [0.2, 0.25) is 0 Å². The molecule has 15 heavy (non-hydrogen) atoms. The summed E-state index contributed by atoms with van der Waals surface area (Å²) in [6, 6.07) is 0.347. The lowest BCUT2D eigenvalue weighted by molar-refractivity contribution is -0.144. The highest BCUT2D eigenvalue weighted by Gasteiger charge is 2.34. The Morgan fingerprint density at radius 3 is 2.47 bits per heavy atom. The average Bonchev–Trinajstić information content (AvgIpc) is 2.12. The molecular formula is C12H23NO2. The molecule has 1 aliphatic rings. The topological polar surface area (TPSA) is 49.3 Å². The second-order valence-electron chi connectivity index (χ2n) is 5.45. The molecule has 0 saturated heterocycles. The molecule has 2 N–H and O–H groups in total. The van der Waals surface area contributed by atoms with Crippen LogP contribution < -0.4 is 5.32 Å². The van der Waals surface area contributed by atoms with Gasteiger partial charge >= 0.3 is 5.97 Å². The summed E-state index contributed by atoms with van der Waals surface area (Å²) in [7, 11) is 0. The van der Waals surface area contributed by atoms with Crippen LogP contribution in [0, 0.1) is 11.8 Å². The summed E-state index contributed by atoms with van der Waals surface area (Å²) in [6.45, 7) is 7.95. The van der Waals surface area contributed by atoms with Crippen LogP contribution in [0.3, 0.4) is 0 Å². The van der Waals surface area contributed by atoms with Crippen LogP contribution in [0.15, 0.2) is 0 Å². The largest absolute Gasteiger partial charge is 0.480 e. The molecular weight excluding hydrogens is 190 g/mol. The van der Waals surface area contributed by atoms with Crippen molar-refractivity contribution in [2.75, 3.05) is 0 Å². The van der Waals surface area contributed by atoms with E-state index in [1.807, 2.05) is 0 Å². The van der Waals surface area contributed by atoms with E-state index >= 15 is 0 Å². The first-order chi connectivity index (χ1) is 6.84. The lowest BCUT2D eigenvalue weighted by Crippen LogP contribution is -2.55. The van der Waals surface area contributed by atoms with Crippen LogP contribution >= 0.6 is 0 Å². The lowest BCUT2D eigenvalue weighted by atomic mass is 9.77. The third kappa shape index (κ3) is 2.94. The van der Waals surface area contributed by atoms with Gasteiger partial charge in [-0.25, -0.2) is 0 Å². The maximum Gasteiger partial charge on any atom is 0.323 e. The predicted molar refractivity (Wildman–Crippen MR) is 60.8 cm³/mol. The number of hydrogen-bond acceptors (Lipinski definition) is 2. The summed E-state index contributed by atoms with van der Waals surface area (Å²) in [5.41, 5.74) is -0.810. The fourth-order valence-electron chi connectivity index (χ4n) is 2.31. The molecule has 0 bridgehead atoms. The van der Waals surface area contributed by atoms with E-state index in [0.29, 0.717) is 17.9 Å². The van der Waals surface area contributed by atoms with Gasteiger partial charge in [0.15, 0.2) is 0 Å². The van der Waals surface area contributed by atoms with Gasteiger partial charge in [0.25, 0.3) is 0 Å². The lowest BCUT2D eigenvalue weighted by Gasteiger charge is -2.38. The molecule has 3 nitrogen and oxygen atoms in total. The van der Waals surface area contributed by atoms with Gasteiger partial charge < -0.3 is 5.11 Å². The van der Waals surface area contributed by atoms with E-state index in [1.165, 1.54) is 12.8 Å². The highest BCUT2D eigenvalue weighted by molar-refractivity contribution is 5.77. The van der Waals surface area contributed by atoms with Gasteiger partial charge in [-0.3, -0.25) is 10.1 Å². The van der Waals surface area contributed by atoms with Crippen molar-refractivity contribution in [1.29, 1.82) is 0 Å². The number of carbonyl (C=O) groups is 1. The number of rotatable bonds is 3. The van der Waals surface area contributed by atoms with Gasteiger partial charge in [0, 0.05) is 6.04 Å². The fourth-order valence-corrected chi connectivity index (χ4v) is 2.31. The number of nitrogens with one attached hydrogen (secondary N) is 1. The van der Waals surface area contributed by atoms with E-state index in [9.17, 15) is 4.79 Å². The molecule has 0 amide bonds. The van der Waals surface area contributed by atoms with Crippen molar-refractivity contribution in [1.82, 2.24) is 5.32 Å². The third-order valence-electron chi connectivity index (χ3n) is 3.79. The summed E-state index contributed by atoms with van der Waals surface area (Å²) < 4.78 is 0.